The van der Waals surface area contributed by atoms with Crippen LogP contribution in [0.2, 0.25) is 0 Å². The molecule has 0 aromatic rings. The molecule has 1 saturated carbocycles. The Bertz CT molecular complexity index is 175. The van der Waals surface area contributed by atoms with Crippen molar-refractivity contribution in [3.63, 3.8) is 0 Å². The Morgan fingerprint density at radius 2 is 1.94 bits per heavy atom. The first-order chi connectivity index (χ1) is 7.75. The van der Waals surface area contributed by atoms with Gasteiger partial charge in [-0.1, -0.05) is 13.8 Å². The minimum absolute atomic E-state index is 0.699. The van der Waals surface area contributed by atoms with Crippen molar-refractivity contribution < 1.29 is 9.47 Å². The lowest BCUT2D eigenvalue weighted by molar-refractivity contribution is 0.0691. The molecule has 0 radical (unpaired) electrons. The molecule has 96 valence electrons. The van der Waals surface area contributed by atoms with Crippen LogP contribution in [0.4, 0.5) is 0 Å². The summed E-state index contributed by atoms with van der Waals surface area (Å²) in [7, 11) is 1.70. The number of hydrogen-bond acceptors (Lipinski definition) is 3. The zero-order chi connectivity index (χ0) is 11.8. The first-order valence-electron chi connectivity index (χ1n) is 6.55. The molecule has 1 N–H and O–H groups in total. The van der Waals surface area contributed by atoms with Crippen LogP contribution in [0.5, 0.6) is 0 Å². The van der Waals surface area contributed by atoms with Gasteiger partial charge in [0, 0.05) is 19.8 Å². The summed E-state index contributed by atoms with van der Waals surface area (Å²) in [6, 6.07) is 0.731. The van der Waals surface area contributed by atoms with Crippen molar-refractivity contribution in [3.8, 4) is 0 Å². The number of methoxy groups -OCH3 is 1. The minimum Gasteiger partial charge on any atom is -0.382 e. The molecule has 0 spiro atoms. The van der Waals surface area contributed by atoms with Gasteiger partial charge >= 0.3 is 0 Å². The largest absolute Gasteiger partial charge is 0.382 e. The third-order valence-corrected chi connectivity index (χ3v) is 3.77. The fourth-order valence-corrected chi connectivity index (χ4v) is 2.36. The average molecular weight is 229 g/mol. The van der Waals surface area contributed by atoms with Gasteiger partial charge in [0.2, 0.25) is 0 Å². The second-order valence-electron chi connectivity index (χ2n) is 4.93. The number of rotatable bonds is 8. The molecule has 3 heteroatoms. The van der Waals surface area contributed by atoms with Crippen molar-refractivity contribution >= 4 is 0 Å². The van der Waals surface area contributed by atoms with Crippen LogP contribution in [-0.2, 0) is 9.47 Å². The van der Waals surface area contributed by atoms with Crippen LogP contribution in [0, 0.1) is 11.8 Å². The van der Waals surface area contributed by atoms with E-state index in [4.69, 9.17) is 9.47 Å². The maximum Gasteiger partial charge on any atom is 0.0700 e. The zero-order valence-corrected chi connectivity index (χ0v) is 11.0. The van der Waals surface area contributed by atoms with E-state index in [0.717, 1.165) is 37.5 Å². The Labute approximate surface area is 99.9 Å². The first-order valence-corrected chi connectivity index (χ1v) is 6.55. The van der Waals surface area contributed by atoms with E-state index in [2.05, 4.69) is 19.2 Å². The maximum absolute atomic E-state index is 5.42. The Morgan fingerprint density at radius 1 is 1.12 bits per heavy atom. The predicted octanol–water partition coefficient (Wildman–Crippen LogP) is 2.06. The van der Waals surface area contributed by atoms with E-state index in [1.807, 2.05) is 0 Å². The number of hydrogen-bond donors (Lipinski definition) is 1. The van der Waals surface area contributed by atoms with Gasteiger partial charge < -0.3 is 14.8 Å². The van der Waals surface area contributed by atoms with E-state index >= 15 is 0 Å². The Morgan fingerprint density at radius 3 is 2.56 bits per heavy atom. The standard InChI is InChI=1S/C13H27NO2/c1-11-5-6-13(12(11)2)14-7-4-8-16-10-9-15-3/h11-14H,4-10H2,1-3H3. The molecule has 3 unspecified atom stereocenters. The molecule has 3 nitrogen and oxygen atoms in total. The average Bonchev–Trinajstić information content (AvgIpc) is 2.59. The molecule has 1 aliphatic carbocycles. The van der Waals surface area contributed by atoms with Gasteiger partial charge in [-0.05, 0) is 37.6 Å². The number of nitrogens with one attached hydrogen (secondary N) is 1. The monoisotopic (exact) mass is 229 g/mol. The topological polar surface area (TPSA) is 30.5 Å². The van der Waals surface area contributed by atoms with Gasteiger partial charge in [-0.15, -0.1) is 0 Å². The van der Waals surface area contributed by atoms with Crippen molar-refractivity contribution in [3.05, 3.63) is 0 Å². The van der Waals surface area contributed by atoms with E-state index in [1.54, 1.807) is 7.11 Å². The normalized spacial score (nSPS) is 29.8. The van der Waals surface area contributed by atoms with Crippen molar-refractivity contribution in [1.29, 1.82) is 0 Å². The fourth-order valence-electron chi connectivity index (χ4n) is 2.36. The lowest BCUT2D eigenvalue weighted by Crippen LogP contribution is -2.33. The highest BCUT2D eigenvalue weighted by atomic mass is 16.5. The maximum atomic E-state index is 5.42. The van der Waals surface area contributed by atoms with Crippen LogP contribution < -0.4 is 5.32 Å². The van der Waals surface area contributed by atoms with E-state index in [1.165, 1.54) is 12.8 Å². The molecule has 0 saturated heterocycles. The molecule has 1 rings (SSSR count). The van der Waals surface area contributed by atoms with Crippen molar-refractivity contribution in [2.75, 3.05) is 33.5 Å². The van der Waals surface area contributed by atoms with Crippen molar-refractivity contribution in [2.24, 2.45) is 11.8 Å². The van der Waals surface area contributed by atoms with Gasteiger partial charge in [0.1, 0.15) is 0 Å². The molecule has 3 atom stereocenters. The molecule has 0 amide bonds. The summed E-state index contributed by atoms with van der Waals surface area (Å²) in [6.45, 7) is 8.06. The van der Waals surface area contributed by atoms with Gasteiger partial charge in [0.15, 0.2) is 0 Å². The highest BCUT2D eigenvalue weighted by Gasteiger charge is 2.28. The second-order valence-corrected chi connectivity index (χ2v) is 4.93. The molecule has 1 fully saturated rings. The number of ether oxygens (including phenoxy) is 2. The Hall–Kier alpha value is -0.120. The summed E-state index contributed by atoms with van der Waals surface area (Å²) in [6.07, 6.45) is 3.82. The second kappa shape index (κ2) is 8.04. The molecule has 0 heterocycles. The highest BCUT2D eigenvalue weighted by Crippen LogP contribution is 2.30. The Balaban J connectivity index is 1.91. The summed E-state index contributed by atoms with van der Waals surface area (Å²) in [5.74, 6) is 1.71. The lowest BCUT2D eigenvalue weighted by Gasteiger charge is -2.19. The minimum atomic E-state index is 0.699. The highest BCUT2D eigenvalue weighted by molar-refractivity contribution is 4.84. The van der Waals surface area contributed by atoms with Crippen LogP contribution in [-0.4, -0.2) is 39.5 Å². The van der Waals surface area contributed by atoms with E-state index in [9.17, 15) is 0 Å². The molecule has 1 aliphatic rings. The molecular formula is C13H27NO2. The predicted molar refractivity (Wildman–Crippen MR) is 66.7 cm³/mol. The Kier molecular flexibility index (Phi) is 7.01. The van der Waals surface area contributed by atoms with Crippen LogP contribution in [0.15, 0.2) is 0 Å². The van der Waals surface area contributed by atoms with Crippen molar-refractivity contribution in [2.45, 2.75) is 39.2 Å². The van der Waals surface area contributed by atoms with Crippen LogP contribution in [0.1, 0.15) is 33.1 Å². The van der Waals surface area contributed by atoms with Gasteiger partial charge in [-0.25, -0.2) is 0 Å². The SMILES string of the molecule is COCCOCCCNC1CCC(C)C1C. The molecule has 0 aromatic carbocycles. The third-order valence-electron chi connectivity index (χ3n) is 3.77. The summed E-state index contributed by atoms with van der Waals surface area (Å²) in [4.78, 5) is 0. The van der Waals surface area contributed by atoms with E-state index in [0.29, 0.717) is 13.2 Å². The van der Waals surface area contributed by atoms with Crippen molar-refractivity contribution in [1.82, 2.24) is 5.32 Å². The fraction of sp³-hybridized carbons (Fsp3) is 1.00. The van der Waals surface area contributed by atoms with E-state index in [-0.39, 0.29) is 0 Å². The van der Waals surface area contributed by atoms with Gasteiger partial charge in [-0.2, -0.15) is 0 Å². The van der Waals surface area contributed by atoms with Crippen LogP contribution >= 0.6 is 0 Å². The van der Waals surface area contributed by atoms with Crippen LogP contribution in [0.25, 0.3) is 0 Å². The van der Waals surface area contributed by atoms with E-state index < -0.39 is 0 Å². The summed E-state index contributed by atoms with van der Waals surface area (Å²) >= 11 is 0. The van der Waals surface area contributed by atoms with Crippen LogP contribution in [0.3, 0.4) is 0 Å². The molecule has 0 aliphatic heterocycles. The smallest absolute Gasteiger partial charge is 0.0700 e. The van der Waals surface area contributed by atoms with Gasteiger partial charge in [0.05, 0.1) is 13.2 Å². The van der Waals surface area contributed by atoms with Gasteiger partial charge in [0.25, 0.3) is 0 Å². The first kappa shape index (κ1) is 13.9. The van der Waals surface area contributed by atoms with Gasteiger partial charge in [-0.3, -0.25) is 0 Å². The molecular weight excluding hydrogens is 202 g/mol. The lowest BCUT2D eigenvalue weighted by atomic mass is 9.98. The summed E-state index contributed by atoms with van der Waals surface area (Å²) < 4.78 is 10.3. The third kappa shape index (κ3) is 4.81. The summed E-state index contributed by atoms with van der Waals surface area (Å²) in [5.41, 5.74) is 0. The zero-order valence-electron chi connectivity index (χ0n) is 11.0. The quantitative estimate of drug-likeness (QED) is 0.646. The molecule has 0 aromatic heterocycles. The summed E-state index contributed by atoms with van der Waals surface area (Å²) in [5, 5.41) is 3.64. The molecule has 16 heavy (non-hydrogen) atoms. The molecule has 0 bridgehead atoms.